The van der Waals surface area contributed by atoms with Crippen LogP contribution in [0.25, 0.3) is 5.65 Å². The fourth-order valence-corrected chi connectivity index (χ4v) is 3.24. The van der Waals surface area contributed by atoms with Gasteiger partial charge in [-0.25, -0.2) is 4.79 Å². The topological polar surface area (TPSA) is 59.7 Å². The average molecular weight is 302 g/mol. The number of piperidine rings is 1. The Labute approximate surface area is 130 Å². The number of ether oxygens (including phenoxy) is 1. The van der Waals surface area contributed by atoms with Crippen molar-refractivity contribution in [3.05, 3.63) is 29.7 Å². The summed E-state index contributed by atoms with van der Waals surface area (Å²) in [5.41, 5.74) is 1.04. The van der Waals surface area contributed by atoms with E-state index >= 15 is 0 Å². The molecule has 22 heavy (non-hydrogen) atoms. The van der Waals surface area contributed by atoms with E-state index in [1.165, 1.54) is 26.5 Å². The van der Waals surface area contributed by atoms with E-state index in [1.807, 2.05) is 16.7 Å². The molecule has 118 valence electrons. The summed E-state index contributed by atoms with van der Waals surface area (Å²) in [6.07, 6.45) is 5.27. The predicted molar refractivity (Wildman–Crippen MR) is 82.9 cm³/mol. The lowest BCUT2D eigenvalue weighted by atomic mass is 9.94. The van der Waals surface area contributed by atoms with Gasteiger partial charge in [0.1, 0.15) is 11.4 Å². The zero-order valence-electron chi connectivity index (χ0n) is 13.2. The molecule has 6 nitrogen and oxygen atoms in total. The third-order valence-electron chi connectivity index (χ3n) is 4.43. The van der Waals surface area contributed by atoms with Crippen molar-refractivity contribution in [1.82, 2.24) is 19.5 Å². The molecule has 0 N–H and O–H groups in total. The number of carbonyl (C=O) groups excluding carboxylic acids is 1. The maximum Gasteiger partial charge on any atom is 0.341 e. The van der Waals surface area contributed by atoms with Crippen LogP contribution in [0.5, 0.6) is 0 Å². The van der Waals surface area contributed by atoms with Gasteiger partial charge in [-0.3, -0.25) is 4.40 Å². The summed E-state index contributed by atoms with van der Waals surface area (Å²) in [6, 6.07) is 3.56. The van der Waals surface area contributed by atoms with E-state index in [1.54, 1.807) is 6.07 Å². The summed E-state index contributed by atoms with van der Waals surface area (Å²) in [5.74, 6) is 1.14. The molecule has 0 saturated carbocycles. The first-order valence-corrected chi connectivity index (χ1v) is 7.86. The van der Waals surface area contributed by atoms with Crippen molar-refractivity contribution in [2.24, 2.45) is 5.92 Å². The van der Waals surface area contributed by atoms with Crippen LogP contribution < -0.4 is 0 Å². The van der Waals surface area contributed by atoms with Crippen molar-refractivity contribution in [3.63, 3.8) is 0 Å². The number of rotatable bonds is 4. The first kappa shape index (κ1) is 15.0. The molecule has 3 rings (SSSR count). The van der Waals surface area contributed by atoms with E-state index in [0.717, 1.165) is 25.3 Å². The van der Waals surface area contributed by atoms with E-state index in [9.17, 15) is 4.79 Å². The van der Waals surface area contributed by atoms with Crippen LogP contribution in [0.3, 0.4) is 0 Å². The van der Waals surface area contributed by atoms with Crippen molar-refractivity contribution in [1.29, 1.82) is 0 Å². The van der Waals surface area contributed by atoms with Crippen LogP contribution in [-0.4, -0.2) is 52.2 Å². The van der Waals surface area contributed by atoms with E-state index in [0.29, 0.717) is 17.1 Å². The first-order valence-electron chi connectivity index (χ1n) is 7.86. The Morgan fingerprint density at radius 2 is 2.32 bits per heavy atom. The molecular formula is C16H22N4O2. The van der Waals surface area contributed by atoms with Gasteiger partial charge in [0.25, 0.3) is 0 Å². The molecule has 1 aliphatic heterocycles. The molecule has 0 aliphatic carbocycles. The molecule has 0 radical (unpaired) electrons. The number of aromatic nitrogens is 3. The Morgan fingerprint density at radius 1 is 1.45 bits per heavy atom. The minimum Gasteiger partial charge on any atom is -0.465 e. The standard InChI is InChI=1S/C16H22N4O2/c1-3-19-8-4-6-12(11-19)10-14-17-18-15-13(16(21)22-2)7-5-9-20(14)15/h5,7,9,12H,3-4,6,8,10-11H2,1-2H3. The van der Waals surface area contributed by atoms with Crippen LogP contribution in [0, 0.1) is 5.92 Å². The Bertz CT molecular complexity index is 667. The van der Waals surface area contributed by atoms with Crippen molar-refractivity contribution in [3.8, 4) is 0 Å². The lowest BCUT2D eigenvalue weighted by Gasteiger charge is -2.31. The van der Waals surface area contributed by atoms with Gasteiger partial charge >= 0.3 is 5.97 Å². The van der Waals surface area contributed by atoms with Gasteiger partial charge < -0.3 is 9.64 Å². The predicted octanol–water partition coefficient (Wildman–Crippen LogP) is 1.79. The summed E-state index contributed by atoms with van der Waals surface area (Å²) < 4.78 is 6.72. The maximum absolute atomic E-state index is 11.8. The molecule has 1 atom stereocenters. The molecule has 0 spiro atoms. The quantitative estimate of drug-likeness (QED) is 0.806. The van der Waals surface area contributed by atoms with Crippen LogP contribution in [0.4, 0.5) is 0 Å². The Kier molecular flexibility index (Phi) is 4.38. The molecule has 1 unspecified atom stereocenters. The molecule has 1 fully saturated rings. The van der Waals surface area contributed by atoms with Gasteiger partial charge in [0.15, 0.2) is 5.65 Å². The van der Waals surface area contributed by atoms with Gasteiger partial charge in [0, 0.05) is 19.2 Å². The number of esters is 1. The highest BCUT2D eigenvalue weighted by atomic mass is 16.5. The monoisotopic (exact) mass is 302 g/mol. The number of hydrogen-bond acceptors (Lipinski definition) is 5. The number of likely N-dealkylation sites (tertiary alicyclic amines) is 1. The fourth-order valence-electron chi connectivity index (χ4n) is 3.24. The van der Waals surface area contributed by atoms with Gasteiger partial charge in [0.2, 0.25) is 0 Å². The second kappa shape index (κ2) is 6.44. The van der Waals surface area contributed by atoms with Crippen LogP contribution in [-0.2, 0) is 11.2 Å². The van der Waals surface area contributed by atoms with Gasteiger partial charge in [-0.05, 0) is 44.0 Å². The Balaban J connectivity index is 1.84. The number of carbonyl (C=O) groups is 1. The highest BCUT2D eigenvalue weighted by Gasteiger charge is 2.22. The lowest BCUT2D eigenvalue weighted by molar-refractivity contribution is 0.0602. The molecule has 1 aliphatic rings. The Hall–Kier alpha value is -1.95. The molecule has 0 amide bonds. The van der Waals surface area contributed by atoms with Gasteiger partial charge in [-0.1, -0.05) is 6.92 Å². The lowest BCUT2D eigenvalue weighted by Crippen LogP contribution is -2.36. The maximum atomic E-state index is 11.8. The number of nitrogens with zero attached hydrogens (tertiary/aromatic N) is 4. The molecule has 3 heterocycles. The second-order valence-corrected chi connectivity index (χ2v) is 5.83. The highest BCUT2D eigenvalue weighted by molar-refractivity contribution is 5.95. The highest BCUT2D eigenvalue weighted by Crippen LogP contribution is 2.21. The van der Waals surface area contributed by atoms with Crippen molar-refractivity contribution in [2.75, 3.05) is 26.7 Å². The van der Waals surface area contributed by atoms with Crippen molar-refractivity contribution in [2.45, 2.75) is 26.2 Å². The van der Waals surface area contributed by atoms with Crippen LogP contribution in [0.15, 0.2) is 18.3 Å². The molecule has 6 heteroatoms. The summed E-state index contributed by atoms with van der Waals surface area (Å²) in [4.78, 5) is 14.3. The minimum atomic E-state index is -0.376. The van der Waals surface area contributed by atoms with Gasteiger partial charge in [-0.15, -0.1) is 10.2 Å². The van der Waals surface area contributed by atoms with E-state index in [4.69, 9.17) is 4.74 Å². The molecule has 2 aromatic rings. The smallest absolute Gasteiger partial charge is 0.341 e. The van der Waals surface area contributed by atoms with Crippen LogP contribution in [0.1, 0.15) is 35.9 Å². The summed E-state index contributed by atoms with van der Waals surface area (Å²) in [5, 5.41) is 8.50. The zero-order valence-corrected chi connectivity index (χ0v) is 13.2. The average Bonchev–Trinajstić information content (AvgIpc) is 2.97. The summed E-state index contributed by atoms with van der Waals surface area (Å²) >= 11 is 0. The molecular weight excluding hydrogens is 280 g/mol. The summed E-state index contributed by atoms with van der Waals surface area (Å²) in [6.45, 7) is 5.61. The third kappa shape index (κ3) is 2.83. The SMILES string of the molecule is CCN1CCCC(Cc2nnc3c(C(=O)OC)cccn23)C1. The normalized spacial score (nSPS) is 19.5. The van der Waals surface area contributed by atoms with Crippen LogP contribution in [0.2, 0.25) is 0 Å². The van der Waals surface area contributed by atoms with Gasteiger partial charge in [-0.2, -0.15) is 0 Å². The summed E-state index contributed by atoms with van der Waals surface area (Å²) in [7, 11) is 1.38. The van der Waals surface area contributed by atoms with E-state index in [-0.39, 0.29) is 5.97 Å². The zero-order chi connectivity index (χ0) is 15.5. The third-order valence-corrected chi connectivity index (χ3v) is 4.43. The molecule has 1 saturated heterocycles. The molecule has 2 aromatic heterocycles. The fraction of sp³-hybridized carbons (Fsp3) is 0.562. The second-order valence-electron chi connectivity index (χ2n) is 5.83. The Morgan fingerprint density at radius 3 is 3.09 bits per heavy atom. The number of hydrogen-bond donors (Lipinski definition) is 0. The number of pyridine rings is 1. The first-order chi connectivity index (χ1) is 10.7. The molecule has 0 bridgehead atoms. The number of fused-ring (bicyclic) bond motifs is 1. The van der Waals surface area contributed by atoms with Gasteiger partial charge in [0.05, 0.1) is 7.11 Å². The van der Waals surface area contributed by atoms with E-state index < -0.39 is 0 Å². The van der Waals surface area contributed by atoms with Crippen molar-refractivity contribution >= 4 is 11.6 Å². The minimum absolute atomic E-state index is 0.376. The van der Waals surface area contributed by atoms with E-state index in [2.05, 4.69) is 22.0 Å². The number of methoxy groups -OCH3 is 1. The van der Waals surface area contributed by atoms with Crippen molar-refractivity contribution < 1.29 is 9.53 Å². The largest absolute Gasteiger partial charge is 0.465 e. The van der Waals surface area contributed by atoms with Crippen LogP contribution >= 0.6 is 0 Å². The molecule has 0 aromatic carbocycles.